The number of nitrogen functional groups attached to an aromatic ring is 1. The van der Waals surface area contributed by atoms with Crippen molar-refractivity contribution in [2.45, 2.75) is 51.2 Å². The molecule has 1 fully saturated rings. The molecule has 1 atom stereocenters. The topological polar surface area (TPSA) is 74.0 Å². The fourth-order valence-corrected chi connectivity index (χ4v) is 4.41. The zero-order valence-corrected chi connectivity index (χ0v) is 19.7. The fraction of sp³-hybridized carbons (Fsp3) is 0.480. The second-order valence-corrected chi connectivity index (χ2v) is 8.54. The van der Waals surface area contributed by atoms with Crippen molar-refractivity contribution in [3.63, 3.8) is 0 Å². The summed E-state index contributed by atoms with van der Waals surface area (Å²) < 4.78 is 17.0. The lowest BCUT2D eigenvalue weighted by molar-refractivity contribution is -0.108. The van der Waals surface area contributed by atoms with Crippen LogP contribution >= 0.6 is 11.6 Å². The minimum Gasteiger partial charge on any atom is -0.497 e. The molecule has 0 radical (unpaired) electrons. The number of anilines is 1. The first-order chi connectivity index (χ1) is 15.5. The maximum atomic E-state index is 10.9. The average Bonchev–Trinajstić information content (AvgIpc) is 2.83. The van der Waals surface area contributed by atoms with Crippen LogP contribution in [0.15, 0.2) is 30.3 Å². The number of rotatable bonds is 11. The lowest BCUT2D eigenvalue weighted by Crippen LogP contribution is -2.34. The van der Waals surface area contributed by atoms with Crippen molar-refractivity contribution < 1.29 is 19.0 Å². The number of piperidine rings is 1. The molecule has 32 heavy (non-hydrogen) atoms. The Balaban J connectivity index is 1.89. The van der Waals surface area contributed by atoms with Crippen molar-refractivity contribution in [2.24, 2.45) is 0 Å². The number of nitrogens with zero attached hydrogens (tertiary/aromatic N) is 1. The van der Waals surface area contributed by atoms with Gasteiger partial charge in [0.15, 0.2) is 0 Å². The molecule has 2 N–H and O–H groups in total. The molecule has 1 aliphatic heterocycles. The van der Waals surface area contributed by atoms with Crippen LogP contribution in [0, 0.1) is 0 Å². The van der Waals surface area contributed by atoms with E-state index in [1.807, 2.05) is 30.3 Å². The molecule has 2 aromatic carbocycles. The van der Waals surface area contributed by atoms with Crippen LogP contribution in [-0.2, 0) is 11.4 Å². The van der Waals surface area contributed by atoms with Crippen LogP contribution in [0.5, 0.6) is 17.2 Å². The van der Waals surface area contributed by atoms with Gasteiger partial charge in [-0.2, -0.15) is 0 Å². The third-order valence-corrected chi connectivity index (χ3v) is 6.25. The zero-order chi connectivity index (χ0) is 22.9. The van der Waals surface area contributed by atoms with Crippen LogP contribution in [0.1, 0.15) is 55.7 Å². The molecule has 1 saturated heterocycles. The Hall–Kier alpha value is -2.44. The lowest BCUT2D eigenvalue weighted by Gasteiger charge is -2.36. The van der Waals surface area contributed by atoms with Crippen LogP contribution in [0.2, 0.25) is 5.02 Å². The third-order valence-electron chi connectivity index (χ3n) is 5.92. The van der Waals surface area contributed by atoms with Gasteiger partial charge in [-0.1, -0.05) is 18.0 Å². The highest BCUT2D eigenvalue weighted by molar-refractivity contribution is 6.33. The number of halogens is 1. The van der Waals surface area contributed by atoms with Crippen LogP contribution in [0.4, 0.5) is 5.69 Å². The number of hydrogen-bond donors (Lipinski definition) is 1. The van der Waals surface area contributed by atoms with Crippen LogP contribution < -0.4 is 19.9 Å². The summed E-state index contributed by atoms with van der Waals surface area (Å²) >= 11 is 6.44. The summed E-state index contributed by atoms with van der Waals surface area (Å²) in [7, 11) is 3.25. The monoisotopic (exact) mass is 460 g/mol. The first-order valence-corrected chi connectivity index (χ1v) is 11.5. The molecular weight excluding hydrogens is 428 g/mol. The van der Waals surface area contributed by atoms with E-state index in [4.69, 9.17) is 31.5 Å². The van der Waals surface area contributed by atoms with E-state index in [-0.39, 0.29) is 6.04 Å². The van der Waals surface area contributed by atoms with Crippen LogP contribution in [0.25, 0.3) is 0 Å². The summed E-state index contributed by atoms with van der Waals surface area (Å²) in [6.07, 6.45) is 6.81. The Kier molecular flexibility index (Phi) is 9.06. The highest BCUT2D eigenvalue weighted by Gasteiger charge is 2.26. The summed E-state index contributed by atoms with van der Waals surface area (Å²) in [6, 6.07) is 9.54. The summed E-state index contributed by atoms with van der Waals surface area (Å²) in [5.74, 6) is 2.13. The second-order valence-electron chi connectivity index (χ2n) is 8.13. The molecule has 174 valence electrons. The number of carbonyl (C=O) groups is 1. The normalized spacial score (nSPS) is 15.2. The highest BCUT2D eigenvalue weighted by Crippen LogP contribution is 2.39. The van der Waals surface area contributed by atoms with Gasteiger partial charge in [0.05, 0.1) is 24.9 Å². The highest BCUT2D eigenvalue weighted by atomic mass is 35.5. The van der Waals surface area contributed by atoms with Gasteiger partial charge in [0.1, 0.15) is 30.1 Å². The Morgan fingerprint density at radius 3 is 2.38 bits per heavy atom. The van der Waals surface area contributed by atoms with E-state index in [9.17, 15) is 4.79 Å². The van der Waals surface area contributed by atoms with E-state index in [0.29, 0.717) is 35.2 Å². The lowest BCUT2D eigenvalue weighted by atomic mass is 9.95. The standard InChI is InChI=1S/C25H33ClN2O4/c1-30-19-12-18(13-20(14-19)31-2)17-32-25-16-23(27)22(26)15-21(25)24(8-4-7-11-29)28-9-5-3-6-10-28/h11-16,24H,3-10,17,27H2,1-2H3. The molecule has 3 rings (SSSR count). The van der Waals surface area contributed by atoms with Gasteiger partial charge >= 0.3 is 0 Å². The van der Waals surface area contributed by atoms with E-state index in [1.54, 1.807) is 14.2 Å². The van der Waals surface area contributed by atoms with E-state index >= 15 is 0 Å². The molecule has 1 heterocycles. The molecule has 0 saturated carbocycles. The molecule has 0 aromatic heterocycles. The Morgan fingerprint density at radius 1 is 1.06 bits per heavy atom. The van der Waals surface area contributed by atoms with Crippen molar-refractivity contribution in [1.82, 2.24) is 4.90 Å². The maximum absolute atomic E-state index is 10.9. The zero-order valence-electron chi connectivity index (χ0n) is 18.9. The van der Waals surface area contributed by atoms with Crippen molar-refractivity contribution in [3.05, 3.63) is 46.5 Å². The van der Waals surface area contributed by atoms with E-state index in [2.05, 4.69) is 4.90 Å². The molecule has 2 aromatic rings. The fourth-order valence-electron chi connectivity index (χ4n) is 4.24. The van der Waals surface area contributed by atoms with Gasteiger partial charge in [-0.15, -0.1) is 0 Å². The van der Waals surface area contributed by atoms with Gasteiger partial charge < -0.3 is 24.7 Å². The van der Waals surface area contributed by atoms with Gasteiger partial charge in [0.2, 0.25) is 0 Å². The average molecular weight is 461 g/mol. The van der Waals surface area contributed by atoms with E-state index < -0.39 is 0 Å². The van der Waals surface area contributed by atoms with E-state index in [0.717, 1.165) is 49.1 Å². The smallest absolute Gasteiger partial charge is 0.126 e. The number of likely N-dealkylation sites (tertiary alicyclic amines) is 1. The number of ether oxygens (including phenoxy) is 3. The minimum atomic E-state index is 0.128. The number of carbonyl (C=O) groups excluding carboxylic acids is 1. The predicted octanol–water partition coefficient (Wildman–Crippen LogP) is 5.41. The molecule has 7 heteroatoms. The number of unbranched alkanes of at least 4 members (excludes halogenated alkanes) is 1. The number of nitrogens with two attached hydrogens (primary N) is 1. The van der Waals surface area contributed by atoms with Crippen LogP contribution in [-0.4, -0.2) is 38.5 Å². The second kappa shape index (κ2) is 12.0. The first-order valence-electron chi connectivity index (χ1n) is 11.2. The molecule has 1 unspecified atom stereocenters. The Morgan fingerprint density at radius 2 is 1.75 bits per heavy atom. The van der Waals surface area contributed by atoms with Crippen molar-refractivity contribution in [1.29, 1.82) is 0 Å². The quantitative estimate of drug-likeness (QED) is 0.274. The predicted molar refractivity (Wildman–Crippen MR) is 128 cm³/mol. The number of hydrogen-bond acceptors (Lipinski definition) is 6. The Labute approximate surface area is 195 Å². The Bertz CT molecular complexity index is 878. The number of benzene rings is 2. The number of methoxy groups -OCH3 is 2. The molecular formula is C25H33ClN2O4. The van der Waals surface area contributed by atoms with E-state index in [1.165, 1.54) is 19.3 Å². The maximum Gasteiger partial charge on any atom is 0.126 e. The van der Waals surface area contributed by atoms with Gasteiger partial charge in [0.25, 0.3) is 0 Å². The third kappa shape index (κ3) is 6.30. The molecule has 0 spiro atoms. The minimum absolute atomic E-state index is 0.128. The molecule has 0 aliphatic carbocycles. The first kappa shape index (κ1) is 24.2. The van der Waals surface area contributed by atoms with Gasteiger partial charge in [0, 0.05) is 30.2 Å². The van der Waals surface area contributed by atoms with Crippen molar-refractivity contribution in [2.75, 3.05) is 33.0 Å². The molecule has 0 amide bonds. The molecule has 1 aliphatic rings. The van der Waals surface area contributed by atoms with Gasteiger partial charge in [-0.05, 0) is 62.5 Å². The SMILES string of the molecule is COc1cc(COc2cc(N)c(Cl)cc2C(CCCC=O)N2CCCCC2)cc(OC)c1. The summed E-state index contributed by atoms with van der Waals surface area (Å²) in [5, 5.41) is 0.521. The van der Waals surface area contributed by atoms with Crippen molar-refractivity contribution >= 4 is 23.6 Å². The summed E-state index contributed by atoms with van der Waals surface area (Å²) in [4.78, 5) is 13.4. The molecule has 0 bridgehead atoms. The largest absolute Gasteiger partial charge is 0.497 e. The van der Waals surface area contributed by atoms with Gasteiger partial charge in [-0.25, -0.2) is 0 Å². The number of aldehydes is 1. The molecule has 6 nitrogen and oxygen atoms in total. The van der Waals surface area contributed by atoms with Crippen LogP contribution in [0.3, 0.4) is 0 Å². The van der Waals surface area contributed by atoms with Crippen molar-refractivity contribution in [3.8, 4) is 17.2 Å². The summed E-state index contributed by atoms with van der Waals surface area (Å²) in [5.41, 5.74) is 8.57. The summed E-state index contributed by atoms with van der Waals surface area (Å²) in [6.45, 7) is 2.39. The van der Waals surface area contributed by atoms with Gasteiger partial charge in [-0.3, -0.25) is 4.90 Å².